The average Bonchev–Trinajstić information content (AvgIpc) is 3.20. The van der Waals surface area contributed by atoms with Crippen LogP contribution in [0.25, 0.3) is 0 Å². The van der Waals surface area contributed by atoms with Gasteiger partial charge in [-0.25, -0.2) is 9.78 Å². The predicted molar refractivity (Wildman–Crippen MR) is 117 cm³/mol. The Kier molecular flexibility index (Phi) is 7.89. The fraction of sp³-hybridized carbons (Fsp3) is 0.294. The zero-order valence-electron chi connectivity index (χ0n) is 16.3. The number of halogens is 2. The summed E-state index contributed by atoms with van der Waals surface area (Å²) in [7, 11) is 0. The molecule has 0 saturated carbocycles. The third kappa shape index (κ3) is 5.43. The number of oxime groups is 1. The van der Waals surface area contributed by atoms with Crippen molar-refractivity contribution in [2.24, 2.45) is 5.16 Å². The van der Waals surface area contributed by atoms with Crippen molar-refractivity contribution in [1.29, 1.82) is 5.26 Å². The zero-order valence-corrected chi connectivity index (χ0v) is 18.8. The number of hydrogen-bond acceptors (Lipinski definition) is 11. The maximum Gasteiger partial charge on any atom is 0.407 e. The summed E-state index contributed by atoms with van der Waals surface area (Å²) in [4.78, 5) is 46.0. The van der Waals surface area contributed by atoms with Crippen LogP contribution >= 0.6 is 34.9 Å². The Morgan fingerprint density at radius 3 is 2.94 bits per heavy atom. The quantitative estimate of drug-likeness (QED) is 0.187. The number of anilines is 1. The molecule has 1 aromatic rings. The molecule has 0 bridgehead atoms. The Morgan fingerprint density at radius 1 is 1.58 bits per heavy atom. The highest BCUT2D eigenvalue weighted by molar-refractivity contribution is 8.02. The Hall–Kier alpha value is -3.16. The number of hydrogen-bond donors (Lipinski definition) is 3. The lowest BCUT2D eigenvalue weighted by Crippen LogP contribution is -2.71. The Balaban J connectivity index is 1.77. The first-order chi connectivity index (χ1) is 15.7. The molecule has 0 aromatic carbocycles. The molecule has 2 aliphatic rings. The molecule has 33 heavy (non-hydrogen) atoms. The van der Waals surface area contributed by atoms with Gasteiger partial charge >= 0.3 is 12.6 Å². The van der Waals surface area contributed by atoms with Crippen LogP contribution in [0.15, 0.2) is 33.3 Å². The standard InChI is InChI=1S/C17H14F2N6O5S3/c18-16(19)30-24-9(8-6-33-17(21)22-8)12(26)23-10-13(27)25-11(15(28)29)7(5-32-14(10)25)4-31-3-1-2-20/h1,3,6,10,14,16H,4-5H2,(H2,21,22)(H,23,26)(H,28,29)/b3-1-,24-9+. The highest BCUT2D eigenvalue weighted by Crippen LogP contribution is 2.41. The lowest BCUT2D eigenvalue weighted by molar-refractivity contribution is -0.150. The molecule has 3 heterocycles. The monoisotopic (exact) mass is 516 g/mol. The molecular weight excluding hydrogens is 502 g/mol. The van der Waals surface area contributed by atoms with Gasteiger partial charge in [0.2, 0.25) is 0 Å². The zero-order chi connectivity index (χ0) is 24.1. The van der Waals surface area contributed by atoms with Gasteiger partial charge in [0.05, 0.1) is 6.07 Å². The van der Waals surface area contributed by atoms with E-state index in [4.69, 9.17) is 11.0 Å². The number of allylic oxidation sites excluding steroid dienone is 1. The van der Waals surface area contributed by atoms with Gasteiger partial charge in [0.1, 0.15) is 22.8 Å². The van der Waals surface area contributed by atoms with Crippen LogP contribution < -0.4 is 11.1 Å². The van der Waals surface area contributed by atoms with E-state index in [1.54, 1.807) is 0 Å². The third-order valence-electron chi connectivity index (χ3n) is 4.24. The first kappa shape index (κ1) is 24.5. The van der Waals surface area contributed by atoms with Crippen LogP contribution in [0.4, 0.5) is 13.9 Å². The van der Waals surface area contributed by atoms with E-state index in [1.807, 2.05) is 6.07 Å². The van der Waals surface area contributed by atoms with Crippen molar-refractivity contribution in [1.82, 2.24) is 15.2 Å². The number of β-lactam (4-membered cyclic amide) rings is 1. The number of carbonyl (C=O) groups excluding carboxylic acids is 2. The summed E-state index contributed by atoms with van der Waals surface area (Å²) < 4.78 is 24.9. The lowest BCUT2D eigenvalue weighted by Gasteiger charge is -2.49. The van der Waals surface area contributed by atoms with E-state index in [2.05, 4.69) is 20.3 Å². The molecule has 16 heteroatoms. The first-order valence-electron chi connectivity index (χ1n) is 8.85. The fourth-order valence-corrected chi connectivity index (χ4v) is 5.64. The Labute approximate surface area is 197 Å². The van der Waals surface area contributed by atoms with Crippen molar-refractivity contribution in [3.63, 3.8) is 0 Å². The van der Waals surface area contributed by atoms with Crippen molar-refractivity contribution in [3.8, 4) is 6.07 Å². The highest BCUT2D eigenvalue weighted by atomic mass is 32.2. The van der Waals surface area contributed by atoms with Crippen LogP contribution in [0.1, 0.15) is 5.69 Å². The predicted octanol–water partition coefficient (Wildman–Crippen LogP) is 1.18. The first-order valence-corrected chi connectivity index (χ1v) is 11.8. The van der Waals surface area contributed by atoms with Crippen LogP contribution in [0.5, 0.6) is 0 Å². The molecule has 0 radical (unpaired) electrons. The van der Waals surface area contributed by atoms with Crippen LogP contribution in [0.2, 0.25) is 0 Å². The molecule has 1 fully saturated rings. The van der Waals surface area contributed by atoms with Crippen molar-refractivity contribution < 1.29 is 33.1 Å². The lowest BCUT2D eigenvalue weighted by atomic mass is 10.0. The SMILES string of the molecule is N#C/C=C\SCC1=C(C(=O)O)N2C(=O)C(NC(=O)/C(=N/OC(F)F)c3csc(N)n3)C2SC1. The minimum atomic E-state index is -3.29. The minimum Gasteiger partial charge on any atom is -0.477 e. The molecule has 0 spiro atoms. The largest absolute Gasteiger partial charge is 0.477 e. The molecule has 2 aliphatic heterocycles. The number of carboxylic acid groups (broad SMARTS) is 1. The number of carboxylic acids is 1. The number of nitrogen functional groups attached to an aromatic ring is 1. The Morgan fingerprint density at radius 2 is 2.33 bits per heavy atom. The smallest absolute Gasteiger partial charge is 0.407 e. The van der Waals surface area contributed by atoms with E-state index in [9.17, 15) is 28.3 Å². The third-order valence-corrected chi connectivity index (χ3v) is 7.09. The normalized spacial score (nSPS) is 20.5. The molecule has 3 rings (SSSR count). The van der Waals surface area contributed by atoms with Gasteiger partial charge in [-0.05, 0) is 11.0 Å². The number of alkyl halides is 2. The summed E-state index contributed by atoms with van der Waals surface area (Å²) in [6.07, 6.45) is 1.25. The summed E-state index contributed by atoms with van der Waals surface area (Å²) in [6.45, 7) is -3.29. The topological polar surface area (TPSA) is 171 Å². The number of aromatic nitrogens is 1. The van der Waals surface area contributed by atoms with Gasteiger partial charge in [0, 0.05) is 23.0 Å². The number of fused-ring (bicyclic) bond motifs is 1. The number of rotatable bonds is 9. The van der Waals surface area contributed by atoms with Crippen LogP contribution in [-0.4, -0.2) is 68.0 Å². The fourth-order valence-electron chi connectivity index (χ4n) is 2.92. The number of nitriles is 1. The minimum absolute atomic E-state index is 0.0579. The maximum atomic E-state index is 12.7. The van der Waals surface area contributed by atoms with Gasteiger partial charge in [-0.1, -0.05) is 5.16 Å². The van der Waals surface area contributed by atoms with Crippen molar-refractivity contribution in [2.45, 2.75) is 18.0 Å². The molecule has 2 amide bonds. The number of nitrogens with zero attached hydrogens (tertiary/aromatic N) is 4. The van der Waals surface area contributed by atoms with E-state index >= 15 is 0 Å². The summed E-state index contributed by atoms with van der Waals surface area (Å²) in [5, 5.41) is 25.8. The summed E-state index contributed by atoms with van der Waals surface area (Å²) in [5.74, 6) is -2.46. The average molecular weight is 517 g/mol. The molecule has 11 nitrogen and oxygen atoms in total. The van der Waals surface area contributed by atoms with E-state index in [0.29, 0.717) is 5.57 Å². The van der Waals surface area contributed by atoms with Gasteiger partial charge in [0.25, 0.3) is 11.8 Å². The van der Waals surface area contributed by atoms with Crippen LogP contribution in [-0.2, 0) is 19.2 Å². The summed E-state index contributed by atoms with van der Waals surface area (Å²) >= 11 is 3.38. The van der Waals surface area contributed by atoms with Gasteiger partial charge in [-0.15, -0.1) is 34.9 Å². The maximum absolute atomic E-state index is 12.7. The van der Waals surface area contributed by atoms with Crippen LogP contribution in [0, 0.1) is 11.3 Å². The second-order valence-corrected chi connectivity index (χ2v) is 9.13. The molecule has 4 N–H and O–H groups in total. The van der Waals surface area contributed by atoms with Crippen molar-refractivity contribution in [3.05, 3.63) is 33.8 Å². The van der Waals surface area contributed by atoms with E-state index in [1.165, 1.54) is 40.4 Å². The molecule has 174 valence electrons. The molecule has 1 aromatic heterocycles. The number of aliphatic carboxylic acids is 1. The van der Waals surface area contributed by atoms with Gasteiger partial charge in [0.15, 0.2) is 10.8 Å². The molecular formula is C17H14F2N6O5S3. The highest BCUT2D eigenvalue weighted by Gasteiger charge is 2.54. The Bertz CT molecular complexity index is 1100. The number of thiazole rings is 1. The van der Waals surface area contributed by atoms with E-state index in [0.717, 1.165) is 16.2 Å². The summed E-state index contributed by atoms with van der Waals surface area (Å²) in [5.41, 5.74) is 5.09. The van der Waals surface area contributed by atoms with E-state index < -0.39 is 41.5 Å². The van der Waals surface area contributed by atoms with Crippen molar-refractivity contribution >= 4 is 63.5 Å². The number of carbonyl (C=O) groups is 3. The molecule has 2 unspecified atom stereocenters. The molecule has 2 atom stereocenters. The molecule has 0 aliphatic carbocycles. The number of nitrogens with two attached hydrogens (primary N) is 1. The summed E-state index contributed by atoms with van der Waals surface area (Å²) in [6, 6.07) is 0.707. The number of thioether (sulfide) groups is 2. The van der Waals surface area contributed by atoms with Crippen LogP contribution in [0.3, 0.4) is 0 Å². The second-order valence-electron chi connectivity index (χ2n) is 6.24. The van der Waals surface area contributed by atoms with Gasteiger partial charge < -0.3 is 21.0 Å². The van der Waals surface area contributed by atoms with Gasteiger partial charge in [-0.3, -0.25) is 14.5 Å². The van der Waals surface area contributed by atoms with Crippen molar-refractivity contribution in [2.75, 3.05) is 17.2 Å². The molecule has 1 saturated heterocycles. The number of amides is 2. The van der Waals surface area contributed by atoms with E-state index in [-0.39, 0.29) is 28.0 Å². The number of nitrogens with one attached hydrogen (secondary N) is 1. The van der Waals surface area contributed by atoms with Gasteiger partial charge in [-0.2, -0.15) is 14.0 Å². The second kappa shape index (κ2) is 10.6.